The molecule has 0 atom stereocenters. The van der Waals surface area contributed by atoms with Gasteiger partial charge >= 0.3 is 0 Å². The van der Waals surface area contributed by atoms with Crippen LogP contribution in [0.2, 0.25) is 0 Å². The van der Waals surface area contributed by atoms with Crippen LogP contribution in [-0.4, -0.2) is 44.2 Å². The van der Waals surface area contributed by atoms with E-state index in [2.05, 4.69) is 0 Å². The Morgan fingerprint density at radius 3 is 2.45 bits per heavy atom. The Morgan fingerprint density at radius 1 is 1.35 bits per heavy atom. The smallest absolute Gasteiger partial charge is 0.287 e. The molecule has 1 aromatic rings. The molecular formula is C14H18F2N2O2. The zero-order valence-electron chi connectivity index (χ0n) is 11.4. The van der Waals surface area contributed by atoms with Crippen molar-refractivity contribution >= 4 is 17.7 Å². The van der Waals surface area contributed by atoms with Gasteiger partial charge in [0, 0.05) is 25.9 Å². The normalized spacial score (nSPS) is 11.7. The molecule has 0 aliphatic carbocycles. The topological polar surface area (TPSA) is 52.6 Å². The molecule has 20 heavy (non-hydrogen) atoms. The number of amides is 1. The standard InChI is InChI=1S/C14H18F2N2O2/c1-18(2)12-6-3-11(4-7-12)5-8-13(20)17-9-14(15,16)10-19/h3-8,19H,9-10H2,1-2H3,(H,17,20)/b8-5+. The fourth-order valence-electron chi connectivity index (χ4n) is 1.39. The molecule has 0 radical (unpaired) electrons. The number of anilines is 1. The summed E-state index contributed by atoms with van der Waals surface area (Å²) in [5, 5.41) is 10.4. The maximum absolute atomic E-state index is 12.7. The number of nitrogens with zero attached hydrogens (tertiary/aromatic N) is 1. The SMILES string of the molecule is CN(C)c1ccc(/C=C/C(=O)NCC(F)(F)CO)cc1. The zero-order chi connectivity index (χ0) is 15.2. The van der Waals surface area contributed by atoms with Gasteiger partial charge in [0.25, 0.3) is 5.92 Å². The second kappa shape index (κ2) is 7.00. The van der Waals surface area contributed by atoms with Crippen molar-refractivity contribution in [3.63, 3.8) is 0 Å². The van der Waals surface area contributed by atoms with Gasteiger partial charge in [0.1, 0.15) is 6.61 Å². The van der Waals surface area contributed by atoms with Crippen LogP contribution >= 0.6 is 0 Å². The van der Waals surface area contributed by atoms with Crippen molar-refractivity contribution in [2.75, 3.05) is 32.1 Å². The predicted molar refractivity (Wildman–Crippen MR) is 74.8 cm³/mol. The van der Waals surface area contributed by atoms with E-state index >= 15 is 0 Å². The summed E-state index contributed by atoms with van der Waals surface area (Å²) >= 11 is 0. The third-order valence-electron chi connectivity index (χ3n) is 2.59. The van der Waals surface area contributed by atoms with Crippen molar-refractivity contribution in [3.8, 4) is 0 Å². The van der Waals surface area contributed by atoms with Gasteiger partial charge in [-0.2, -0.15) is 0 Å². The second-order valence-electron chi connectivity index (χ2n) is 4.55. The molecule has 4 nitrogen and oxygen atoms in total. The van der Waals surface area contributed by atoms with Gasteiger partial charge in [-0.25, -0.2) is 8.78 Å². The number of aliphatic hydroxyl groups excluding tert-OH is 1. The maximum atomic E-state index is 12.7. The fraction of sp³-hybridized carbons (Fsp3) is 0.357. The van der Waals surface area contributed by atoms with Crippen LogP contribution in [0.4, 0.5) is 14.5 Å². The van der Waals surface area contributed by atoms with E-state index in [0.717, 1.165) is 11.3 Å². The van der Waals surface area contributed by atoms with E-state index < -0.39 is 25.0 Å². The Morgan fingerprint density at radius 2 is 1.95 bits per heavy atom. The minimum absolute atomic E-state index is 0.630. The van der Waals surface area contributed by atoms with Crippen molar-refractivity contribution in [2.45, 2.75) is 5.92 Å². The monoisotopic (exact) mass is 284 g/mol. The predicted octanol–water partition coefficient (Wildman–Crippen LogP) is 1.51. The van der Waals surface area contributed by atoms with Crippen molar-refractivity contribution in [1.29, 1.82) is 0 Å². The lowest BCUT2D eigenvalue weighted by atomic mass is 10.2. The van der Waals surface area contributed by atoms with E-state index in [4.69, 9.17) is 5.11 Å². The molecule has 6 heteroatoms. The van der Waals surface area contributed by atoms with Crippen LogP contribution in [0.5, 0.6) is 0 Å². The highest BCUT2D eigenvalue weighted by Gasteiger charge is 2.27. The minimum Gasteiger partial charge on any atom is -0.390 e. The lowest BCUT2D eigenvalue weighted by Crippen LogP contribution is -2.38. The highest BCUT2D eigenvalue weighted by molar-refractivity contribution is 5.91. The van der Waals surface area contributed by atoms with E-state index in [9.17, 15) is 13.6 Å². The number of carbonyl (C=O) groups is 1. The van der Waals surface area contributed by atoms with Gasteiger partial charge in [0.05, 0.1) is 6.54 Å². The fourth-order valence-corrected chi connectivity index (χ4v) is 1.39. The van der Waals surface area contributed by atoms with Crippen molar-refractivity contribution in [3.05, 3.63) is 35.9 Å². The van der Waals surface area contributed by atoms with E-state index in [1.54, 1.807) is 0 Å². The number of benzene rings is 1. The molecule has 0 aliphatic rings. The largest absolute Gasteiger partial charge is 0.390 e. The Bertz CT molecular complexity index is 471. The number of hydrogen-bond donors (Lipinski definition) is 2. The molecule has 0 bridgehead atoms. The maximum Gasteiger partial charge on any atom is 0.287 e. The number of rotatable bonds is 6. The third-order valence-corrected chi connectivity index (χ3v) is 2.59. The Balaban J connectivity index is 2.53. The number of halogens is 2. The summed E-state index contributed by atoms with van der Waals surface area (Å²) in [5.41, 5.74) is 1.81. The minimum atomic E-state index is -3.29. The quantitative estimate of drug-likeness (QED) is 0.779. The summed E-state index contributed by atoms with van der Waals surface area (Å²) in [4.78, 5) is 13.3. The molecule has 0 saturated heterocycles. The summed E-state index contributed by atoms with van der Waals surface area (Å²) in [5.74, 6) is -3.92. The summed E-state index contributed by atoms with van der Waals surface area (Å²) in [6, 6.07) is 7.41. The van der Waals surface area contributed by atoms with E-state index in [0.29, 0.717) is 0 Å². The van der Waals surface area contributed by atoms with Crippen LogP contribution < -0.4 is 10.2 Å². The number of hydrogen-bond acceptors (Lipinski definition) is 3. The summed E-state index contributed by atoms with van der Waals surface area (Å²) in [7, 11) is 3.83. The van der Waals surface area contributed by atoms with Crippen LogP contribution in [0.15, 0.2) is 30.3 Å². The van der Waals surface area contributed by atoms with Gasteiger partial charge in [-0.1, -0.05) is 12.1 Å². The van der Waals surface area contributed by atoms with E-state index in [1.165, 1.54) is 12.2 Å². The molecule has 0 unspecified atom stereocenters. The molecule has 1 rings (SSSR count). The van der Waals surface area contributed by atoms with Gasteiger partial charge in [-0.15, -0.1) is 0 Å². The lowest BCUT2D eigenvalue weighted by molar-refractivity contribution is -0.119. The number of aliphatic hydroxyl groups is 1. The molecule has 2 N–H and O–H groups in total. The third kappa shape index (κ3) is 5.36. The lowest BCUT2D eigenvalue weighted by Gasteiger charge is -2.13. The van der Waals surface area contributed by atoms with Crippen LogP contribution in [0.25, 0.3) is 6.08 Å². The van der Waals surface area contributed by atoms with Crippen molar-refractivity contribution < 1.29 is 18.7 Å². The molecule has 0 spiro atoms. The average Bonchev–Trinajstić information content (AvgIpc) is 2.43. The van der Waals surface area contributed by atoms with Gasteiger partial charge in [-0.3, -0.25) is 4.79 Å². The molecule has 0 aromatic heterocycles. The zero-order valence-corrected chi connectivity index (χ0v) is 11.4. The molecule has 110 valence electrons. The first-order chi connectivity index (χ1) is 9.34. The molecular weight excluding hydrogens is 266 g/mol. The van der Waals surface area contributed by atoms with Crippen LogP contribution in [0, 0.1) is 0 Å². The number of carbonyl (C=O) groups excluding carboxylic acids is 1. The van der Waals surface area contributed by atoms with Gasteiger partial charge < -0.3 is 15.3 Å². The first-order valence-electron chi connectivity index (χ1n) is 6.06. The molecule has 1 aromatic carbocycles. The van der Waals surface area contributed by atoms with Crippen LogP contribution in [0.1, 0.15) is 5.56 Å². The number of nitrogens with one attached hydrogen (secondary N) is 1. The molecule has 0 saturated carbocycles. The summed E-state index contributed by atoms with van der Waals surface area (Å²) in [6.45, 7) is -2.17. The Kier molecular flexibility index (Phi) is 5.64. The molecule has 0 fully saturated rings. The van der Waals surface area contributed by atoms with E-state index in [1.807, 2.05) is 48.6 Å². The van der Waals surface area contributed by atoms with Gasteiger partial charge in [0.2, 0.25) is 5.91 Å². The molecule has 0 aliphatic heterocycles. The first-order valence-corrected chi connectivity index (χ1v) is 6.06. The van der Waals surface area contributed by atoms with Crippen molar-refractivity contribution in [1.82, 2.24) is 5.32 Å². The highest BCUT2D eigenvalue weighted by Crippen LogP contribution is 2.13. The average molecular weight is 284 g/mol. The number of alkyl halides is 2. The van der Waals surface area contributed by atoms with Crippen LogP contribution in [-0.2, 0) is 4.79 Å². The van der Waals surface area contributed by atoms with Crippen LogP contribution in [0.3, 0.4) is 0 Å². The highest BCUT2D eigenvalue weighted by atomic mass is 19.3. The Labute approximate surface area is 116 Å². The summed E-state index contributed by atoms with van der Waals surface area (Å²) < 4.78 is 25.4. The second-order valence-corrected chi connectivity index (χ2v) is 4.55. The summed E-state index contributed by atoms with van der Waals surface area (Å²) in [6.07, 6.45) is 2.71. The van der Waals surface area contributed by atoms with Gasteiger partial charge in [-0.05, 0) is 23.8 Å². The van der Waals surface area contributed by atoms with Crippen molar-refractivity contribution in [2.24, 2.45) is 0 Å². The molecule has 0 heterocycles. The van der Waals surface area contributed by atoms with E-state index in [-0.39, 0.29) is 0 Å². The molecule has 1 amide bonds. The first kappa shape index (κ1) is 16.1. The Hall–Kier alpha value is -1.95. The van der Waals surface area contributed by atoms with Gasteiger partial charge in [0.15, 0.2) is 0 Å².